The van der Waals surface area contributed by atoms with Gasteiger partial charge in [-0.1, -0.05) is 18.5 Å². The Morgan fingerprint density at radius 1 is 1.17 bits per heavy atom. The first-order chi connectivity index (χ1) is 11.6. The minimum atomic E-state index is -0.342. The number of benzene rings is 1. The van der Waals surface area contributed by atoms with Gasteiger partial charge in [0.15, 0.2) is 0 Å². The van der Waals surface area contributed by atoms with E-state index in [0.717, 1.165) is 15.8 Å². The van der Waals surface area contributed by atoms with Gasteiger partial charge in [0.2, 0.25) is 0 Å². The zero-order valence-electron chi connectivity index (χ0n) is 13.3. The maximum Gasteiger partial charge on any atom is 0.348 e. The number of halogens is 1. The van der Waals surface area contributed by atoms with E-state index in [0.29, 0.717) is 28.6 Å². The van der Waals surface area contributed by atoms with Crippen molar-refractivity contribution in [1.82, 2.24) is 4.57 Å². The third-order valence-electron chi connectivity index (χ3n) is 3.74. The highest BCUT2D eigenvalue weighted by atomic mass is 35.5. The van der Waals surface area contributed by atoms with Crippen LogP contribution in [-0.2, 0) is 11.2 Å². The lowest BCUT2D eigenvalue weighted by molar-refractivity contribution is 0.0531. The monoisotopic (exact) mass is 361 g/mol. The van der Waals surface area contributed by atoms with Crippen LogP contribution in [0.15, 0.2) is 41.2 Å². The summed E-state index contributed by atoms with van der Waals surface area (Å²) in [5.41, 5.74) is 1.48. The van der Waals surface area contributed by atoms with E-state index in [1.165, 1.54) is 17.4 Å². The molecule has 0 aliphatic carbocycles. The molecular weight excluding hydrogens is 346 g/mol. The first-order valence-electron chi connectivity index (χ1n) is 7.67. The molecule has 0 saturated carbocycles. The van der Waals surface area contributed by atoms with Crippen LogP contribution in [0.3, 0.4) is 0 Å². The molecule has 0 spiro atoms. The summed E-state index contributed by atoms with van der Waals surface area (Å²) in [4.78, 5) is 26.0. The number of ether oxygens (including phenoxy) is 1. The van der Waals surface area contributed by atoms with Gasteiger partial charge in [-0.15, -0.1) is 11.3 Å². The molecule has 0 fully saturated rings. The number of hydrogen-bond acceptors (Lipinski definition) is 4. The van der Waals surface area contributed by atoms with Crippen molar-refractivity contribution in [3.8, 4) is 5.69 Å². The summed E-state index contributed by atoms with van der Waals surface area (Å²) >= 11 is 7.23. The van der Waals surface area contributed by atoms with Crippen molar-refractivity contribution in [2.45, 2.75) is 20.3 Å². The zero-order valence-corrected chi connectivity index (χ0v) is 14.9. The van der Waals surface area contributed by atoms with Gasteiger partial charge in [-0.25, -0.2) is 4.79 Å². The van der Waals surface area contributed by atoms with Gasteiger partial charge in [0, 0.05) is 16.5 Å². The average Bonchev–Trinajstić information content (AvgIpc) is 2.94. The molecule has 24 heavy (non-hydrogen) atoms. The first kappa shape index (κ1) is 16.7. The van der Waals surface area contributed by atoms with Gasteiger partial charge in [0.1, 0.15) is 9.71 Å². The lowest BCUT2D eigenvalue weighted by Crippen LogP contribution is -2.16. The molecule has 0 amide bonds. The van der Waals surface area contributed by atoms with Crippen LogP contribution in [0.25, 0.3) is 15.9 Å². The van der Waals surface area contributed by atoms with Gasteiger partial charge in [-0.3, -0.25) is 9.36 Å². The minimum Gasteiger partial charge on any atom is -0.462 e. The number of esters is 1. The number of rotatable bonds is 4. The van der Waals surface area contributed by atoms with Crippen molar-refractivity contribution >= 4 is 39.1 Å². The second-order valence-electron chi connectivity index (χ2n) is 5.19. The van der Waals surface area contributed by atoms with E-state index >= 15 is 0 Å². The second kappa shape index (κ2) is 6.79. The molecule has 0 aliphatic heterocycles. The highest BCUT2D eigenvalue weighted by molar-refractivity contribution is 7.20. The number of nitrogens with zero attached hydrogens (tertiary/aromatic N) is 1. The SMILES string of the molecule is CCOC(=O)c1sc2c(ccc(=O)n2-c2ccc(Cl)cc2)c1CC. The molecule has 2 heterocycles. The maximum atomic E-state index is 12.4. The Bertz CT molecular complexity index is 957. The third kappa shape index (κ3) is 2.85. The molecule has 0 radical (unpaired) electrons. The lowest BCUT2D eigenvalue weighted by Gasteiger charge is -2.07. The number of carbonyl (C=O) groups is 1. The molecule has 3 aromatic rings. The van der Waals surface area contributed by atoms with Gasteiger partial charge in [0.05, 0.1) is 12.3 Å². The number of aryl methyl sites for hydroxylation is 1. The second-order valence-corrected chi connectivity index (χ2v) is 6.62. The number of pyridine rings is 1. The van der Waals surface area contributed by atoms with Gasteiger partial charge in [-0.2, -0.15) is 0 Å². The van der Waals surface area contributed by atoms with Crippen LogP contribution >= 0.6 is 22.9 Å². The Morgan fingerprint density at radius 3 is 2.50 bits per heavy atom. The summed E-state index contributed by atoms with van der Waals surface area (Å²) in [5, 5.41) is 1.51. The standard InChI is InChI=1S/C18H16ClNO3S/c1-3-13-14-9-10-15(21)20(12-7-5-11(19)6-8-12)17(14)24-16(13)18(22)23-4-2/h5-10H,3-4H2,1-2H3. The summed E-state index contributed by atoms with van der Waals surface area (Å²) in [7, 11) is 0. The fourth-order valence-electron chi connectivity index (χ4n) is 2.68. The molecule has 0 bridgehead atoms. The predicted molar refractivity (Wildman–Crippen MR) is 97.8 cm³/mol. The van der Waals surface area contributed by atoms with Crippen LogP contribution in [0.5, 0.6) is 0 Å². The normalized spacial score (nSPS) is 11.0. The largest absolute Gasteiger partial charge is 0.462 e. The van der Waals surface area contributed by atoms with Crippen molar-refractivity contribution in [2.75, 3.05) is 6.61 Å². The van der Waals surface area contributed by atoms with Gasteiger partial charge < -0.3 is 4.74 Å². The quantitative estimate of drug-likeness (QED) is 0.645. The Kier molecular flexibility index (Phi) is 4.73. The third-order valence-corrected chi connectivity index (χ3v) is 5.21. The number of hydrogen-bond donors (Lipinski definition) is 0. The van der Waals surface area contributed by atoms with E-state index in [9.17, 15) is 9.59 Å². The van der Waals surface area contributed by atoms with E-state index in [1.54, 1.807) is 41.8 Å². The Balaban J connectivity index is 2.30. The summed E-state index contributed by atoms with van der Waals surface area (Å²) in [6.45, 7) is 4.09. The van der Waals surface area contributed by atoms with E-state index < -0.39 is 0 Å². The maximum absolute atomic E-state index is 12.4. The topological polar surface area (TPSA) is 48.3 Å². The van der Waals surface area contributed by atoms with Crippen molar-refractivity contribution in [3.05, 3.63) is 62.2 Å². The smallest absolute Gasteiger partial charge is 0.348 e. The number of thiophene rings is 1. The van der Waals surface area contributed by atoms with E-state index in [-0.39, 0.29) is 11.5 Å². The van der Waals surface area contributed by atoms with Crippen LogP contribution in [0, 0.1) is 0 Å². The highest BCUT2D eigenvalue weighted by Gasteiger charge is 2.21. The Morgan fingerprint density at radius 2 is 1.88 bits per heavy atom. The van der Waals surface area contributed by atoms with E-state index in [1.807, 2.05) is 6.92 Å². The van der Waals surface area contributed by atoms with Crippen molar-refractivity contribution in [3.63, 3.8) is 0 Å². The van der Waals surface area contributed by atoms with Gasteiger partial charge in [0.25, 0.3) is 5.56 Å². The molecule has 2 aromatic heterocycles. The van der Waals surface area contributed by atoms with Crippen LogP contribution in [-0.4, -0.2) is 17.1 Å². The van der Waals surface area contributed by atoms with Crippen molar-refractivity contribution < 1.29 is 9.53 Å². The Labute approximate surface area is 148 Å². The van der Waals surface area contributed by atoms with Crippen LogP contribution in [0.1, 0.15) is 29.1 Å². The van der Waals surface area contributed by atoms with Gasteiger partial charge >= 0.3 is 5.97 Å². The molecule has 4 nitrogen and oxygen atoms in total. The van der Waals surface area contributed by atoms with Crippen LogP contribution < -0.4 is 5.56 Å². The van der Waals surface area contributed by atoms with Crippen LogP contribution in [0.4, 0.5) is 0 Å². The summed E-state index contributed by atoms with van der Waals surface area (Å²) in [5.74, 6) is -0.342. The molecule has 0 aliphatic rings. The Hall–Kier alpha value is -2.11. The average molecular weight is 362 g/mol. The van der Waals surface area contributed by atoms with Gasteiger partial charge in [-0.05, 0) is 49.2 Å². The zero-order chi connectivity index (χ0) is 17.3. The van der Waals surface area contributed by atoms with E-state index in [2.05, 4.69) is 0 Å². The van der Waals surface area contributed by atoms with E-state index in [4.69, 9.17) is 16.3 Å². The van der Waals surface area contributed by atoms with Crippen LogP contribution in [0.2, 0.25) is 5.02 Å². The number of fused-ring (bicyclic) bond motifs is 1. The molecule has 0 N–H and O–H groups in total. The molecule has 1 aromatic carbocycles. The predicted octanol–water partition coefficient (Wildman–Crippen LogP) is 4.44. The summed E-state index contributed by atoms with van der Waals surface area (Å²) in [6, 6.07) is 10.4. The minimum absolute atomic E-state index is 0.149. The molecule has 3 rings (SSSR count). The van der Waals surface area contributed by atoms with Crippen molar-refractivity contribution in [1.29, 1.82) is 0 Å². The molecule has 124 valence electrons. The molecule has 0 unspecified atom stereocenters. The fraction of sp³-hybridized carbons (Fsp3) is 0.222. The molecular formula is C18H16ClNO3S. The lowest BCUT2D eigenvalue weighted by atomic mass is 10.1. The molecule has 0 atom stereocenters. The number of aromatic nitrogens is 1. The number of carbonyl (C=O) groups excluding carboxylic acids is 1. The molecule has 6 heteroatoms. The molecule has 0 saturated heterocycles. The highest BCUT2D eigenvalue weighted by Crippen LogP contribution is 2.33. The first-order valence-corrected chi connectivity index (χ1v) is 8.86. The summed E-state index contributed by atoms with van der Waals surface area (Å²) in [6.07, 6.45) is 0.687. The summed E-state index contributed by atoms with van der Waals surface area (Å²) < 4.78 is 6.77. The fourth-order valence-corrected chi connectivity index (χ4v) is 4.11. The van der Waals surface area contributed by atoms with Crippen molar-refractivity contribution in [2.24, 2.45) is 0 Å².